The molecule has 180 valence electrons. The highest BCUT2D eigenvalue weighted by Crippen LogP contribution is 2.33. The predicted octanol–water partition coefficient (Wildman–Crippen LogP) is 3.70. The number of hydrogen-bond donors (Lipinski definition) is 1. The zero-order valence-corrected chi connectivity index (χ0v) is 21.1. The molecule has 0 saturated carbocycles. The average Bonchev–Trinajstić information content (AvgIpc) is 3.31. The van der Waals surface area contributed by atoms with Crippen molar-refractivity contribution in [2.45, 2.75) is 50.3 Å². The van der Waals surface area contributed by atoms with Gasteiger partial charge >= 0.3 is 0 Å². The summed E-state index contributed by atoms with van der Waals surface area (Å²) in [6.07, 6.45) is 4.38. The van der Waals surface area contributed by atoms with Gasteiger partial charge in [0.05, 0.1) is 40.7 Å². The van der Waals surface area contributed by atoms with Crippen LogP contribution in [0.15, 0.2) is 29.3 Å². The Balaban J connectivity index is 1.66. The lowest BCUT2D eigenvalue weighted by molar-refractivity contribution is 0.103. The number of ether oxygens (including phenoxy) is 1. The molecule has 0 atom stereocenters. The summed E-state index contributed by atoms with van der Waals surface area (Å²) in [5.74, 6) is -0.287. The van der Waals surface area contributed by atoms with E-state index in [4.69, 9.17) is 4.74 Å². The van der Waals surface area contributed by atoms with Crippen LogP contribution in [0.2, 0.25) is 0 Å². The van der Waals surface area contributed by atoms with Gasteiger partial charge in [-0.25, -0.2) is 13.4 Å². The van der Waals surface area contributed by atoms with Gasteiger partial charge in [-0.3, -0.25) is 4.79 Å². The molecule has 3 heterocycles. The van der Waals surface area contributed by atoms with Gasteiger partial charge < -0.3 is 15.0 Å². The van der Waals surface area contributed by atoms with Gasteiger partial charge in [0, 0.05) is 31.6 Å². The minimum atomic E-state index is -3.62. The van der Waals surface area contributed by atoms with E-state index in [1.165, 1.54) is 11.3 Å². The third kappa shape index (κ3) is 5.40. The summed E-state index contributed by atoms with van der Waals surface area (Å²) >= 11 is 1.36. The first-order chi connectivity index (χ1) is 15.7. The number of piperidine rings is 1. The highest BCUT2D eigenvalue weighted by Gasteiger charge is 2.28. The highest BCUT2D eigenvalue weighted by atomic mass is 32.2. The molecular weight excluding hydrogens is 460 g/mol. The molecular formula is C23H32N4O4S2. The van der Waals surface area contributed by atoms with E-state index in [2.05, 4.69) is 36.0 Å². The Kier molecular flexibility index (Phi) is 7.09. The topological polar surface area (TPSA) is 91.8 Å². The molecule has 0 spiro atoms. The number of anilines is 2. The van der Waals surface area contributed by atoms with Crippen molar-refractivity contribution in [3.63, 3.8) is 0 Å². The van der Waals surface area contributed by atoms with Crippen molar-refractivity contribution in [1.82, 2.24) is 9.29 Å². The SMILES string of the molecule is CC(C)(C)c1ncc(C(=O)Nc2cc(S(=O)(=O)N3CCCCC3)ccc2N2CCOCC2)s1. The zero-order valence-electron chi connectivity index (χ0n) is 19.5. The Morgan fingerprint density at radius 2 is 1.79 bits per heavy atom. The van der Waals surface area contributed by atoms with Crippen LogP contribution in [0.4, 0.5) is 11.4 Å². The van der Waals surface area contributed by atoms with Crippen LogP contribution in [-0.2, 0) is 20.2 Å². The lowest BCUT2D eigenvalue weighted by Crippen LogP contribution is -2.37. The first-order valence-corrected chi connectivity index (χ1v) is 13.7. The van der Waals surface area contributed by atoms with Crippen molar-refractivity contribution < 1.29 is 17.9 Å². The first kappa shape index (κ1) is 24.1. The van der Waals surface area contributed by atoms with Gasteiger partial charge in [0.25, 0.3) is 5.91 Å². The van der Waals surface area contributed by atoms with Gasteiger partial charge in [-0.15, -0.1) is 11.3 Å². The maximum Gasteiger partial charge on any atom is 0.267 e. The van der Waals surface area contributed by atoms with Gasteiger partial charge in [0.15, 0.2) is 0 Å². The second kappa shape index (κ2) is 9.69. The van der Waals surface area contributed by atoms with E-state index < -0.39 is 10.0 Å². The van der Waals surface area contributed by atoms with Crippen LogP contribution >= 0.6 is 11.3 Å². The monoisotopic (exact) mass is 492 g/mol. The standard InChI is InChI=1S/C23H32N4O4S2/c1-23(2,3)22-24-16-20(32-22)21(28)25-18-15-17(33(29,30)27-9-5-4-6-10-27)7-8-19(18)26-11-13-31-14-12-26/h7-8,15-16H,4-6,9-14H2,1-3H3,(H,25,28). The number of aromatic nitrogens is 1. The Morgan fingerprint density at radius 1 is 1.09 bits per heavy atom. The van der Waals surface area contributed by atoms with E-state index in [-0.39, 0.29) is 16.2 Å². The molecule has 0 bridgehead atoms. The molecule has 2 fully saturated rings. The summed E-state index contributed by atoms with van der Waals surface area (Å²) in [4.78, 5) is 20.3. The number of nitrogens with one attached hydrogen (secondary N) is 1. The van der Waals surface area contributed by atoms with Gasteiger partial charge in [0.2, 0.25) is 10.0 Å². The van der Waals surface area contributed by atoms with Crippen molar-refractivity contribution in [1.29, 1.82) is 0 Å². The molecule has 2 aromatic rings. The maximum absolute atomic E-state index is 13.3. The smallest absolute Gasteiger partial charge is 0.267 e. The van der Waals surface area contributed by atoms with Crippen LogP contribution in [0, 0.1) is 0 Å². The lowest BCUT2D eigenvalue weighted by atomic mass is 9.98. The van der Waals surface area contributed by atoms with Gasteiger partial charge in [0.1, 0.15) is 4.88 Å². The number of amides is 1. The number of carbonyl (C=O) groups excluding carboxylic acids is 1. The molecule has 4 rings (SSSR count). The van der Waals surface area contributed by atoms with Crippen LogP contribution in [0.25, 0.3) is 0 Å². The summed E-state index contributed by atoms with van der Waals surface area (Å²) in [5, 5.41) is 3.85. The minimum Gasteiger partial charge on any atom is -0.378 e. The van der Waals surface area contributed by atoms with Gasteiger partial charge in [-0.2, -0.15) is 4.31 Å². The van der Waals surface area contributed by atoms with Crippen LogP contribution in [0.3, 0.4) is 0 Å². The molecule has 1 aromatic carbocycles. The fourth-order valence-electron chi connectivity index (χ4n) is 4.02. The second-order valence-corrected chi connectivity index (χ2v) is 12.4. The number of nitrogens with zero attached hydrogens (tertiary/aromatic N) is 3. The molecule has 0 aliphatic carbocycles. The second-order valence-electron chi connectivity index (χ2n) is 9.48. The molecule has 2 saturated heterocycles. The lowest BCUT2D eigenvalue weighted by Gasteiger charge is -2.31. The number of carbonyl (C=O) groups is 1. The number of rotatable bonds is 5. The van der Waals surface area contributed by atoms with Crippen LogP contribution in [-0.4, -0.2) is 63.0 Å². The maximum atomic E-state index is 13.3. The number of benzene rings is 1. The summed E-state index contributed by atoms with van der Waals surface area (Å²) in [6, 6.07) is 5.04. The van der Waals surface area contributed by atoms with E-state index in [0.29, 0.717) is 50.0 Å². The Hall–Kier alpha value is -2.01. The molecule has 10 heteroatoms. The summed E-state index contributed by atoms with van der Waals surface area (Å²) < 4.78 is 33.5. The normalized spacial score (nSPS) is 18.3. The molecule has 1 N–H and O–H groups in total. The molecule has 1 aromatic heterocycles. The van der Waals surface area contributed by atoms with Crippen molar-refractivity contribution in [2.24, 2.45) is 0 Å². The molecule has 8 nitrogen and oxygen atoms in total. The number of morpholine rings is 1. The van der Waals surface area contributed by atoms with E-state index in [1.807, 2.05) is 0 Å². The van der Waals surface area contributed by atoms with Crippen molar-refractivity contribution in [3.8, 4) is 0 Å². The molecule has 0 unspecified atom stereocenters. The first-order valence-electron chi connectivity index (χ1n) is 11.4. The largest absolute Gasteiger partial charge is 0.378 e. The summed E-state index contributed by atoms with van der Waals surface area (Å²) in [7, 11) is -3.62. The van der Waals surface area contributed by atoms with Crippen LogP contribution in [0.5, 0.6) is 0 Å². The third-order valence-corrected chi connectivity index (χ3v) is 9.21. The highest BCUT2D eigenvalue weighted by molar-refractivity contribution is 7.89. The molecule has 2 aliphatic rings. The van der Waals surface area contributed by atoms with Gasteiger partial charge in [-0.05, 0) is 31.0 Å². The molecule has 2 aliphatic heterocycles. The minimum absolute atomic E-state index is 0.148. The fourth-order valence-corrected chi connectivity index (χ4v) is 6.43. The van der Waals surface area contributed by atoms with Gasteiger partial charge in [-0.1, -0.05) is 27.2 Å². The predicted molar refractivity (Wildman–Crippen MR) is 131 cm³/mol. The number of thiazole rings is 1. The van der Waals surface area contributed by atoms with Crippen molar-refractivity contribution in [2.75, 3.05) is 49.6 Å². The van der Waals surface area contributed by atoms with Crippen LogP contribution < -0.4 is 10.2 Å². The zero-order chi connectivity index (χ0) is 23.6. The molecule has 1 amide bonds. The molecule has 33 heavy (non-hydrogen) atoms. The fraction of sp³-hybridized carbons (Fsp3) is 0.565. The Labute approximate surface area is 200 Å². The Bertz CT molecular complexity index is 1100. The van der Waals surface area contributed by atoms with Crippen LogP contribution in [0.1, 0.15) is 54.7 Å². The van der Waals surface area contributed by atoms with E-state index in [1.54, 1.807) is 28.7 Å². The van der Waals surface area contributed by atoms with E-state index in [0.717, 1.165) is 30.0 Å². The van der Waals surface area contributed by atoms with Crippen molar-refractivity contribution in [3.05, 3.63) is 34.3 Å². The van der Waals surface area contributed by atoms with Crippen molar-refractivity contribution >= 4 is 38.6 Å². The number of hydrogen-bond acceptors (Lipinski definition) is 7. The number of sulfonamides is 1. The van der Waals surface area contributed by atoms with E-state index >= 15 is 0 Å². The third-order valence-electron chi connectivity index (χ3n) is 5.89. The summed E-state index contributed by atoms with van der Waals surface area (Å²) in [5.41, 5.74) is 1.14. The summed E-state index contributed by atoms with van der Waals surface area (Å²) in [6.45, 7) is 9.76. The van der Waals surface area contributed by atoms with E-state index in [9.17, 15) is 13.2 Å². The Morgan fingerprint density at radius 3 is 2.42 bits per heavy atom. The quantitative estimate of drug-likeness (QED) is 0.684. The average molecular weight is 493 g/mol. The molecule has 0 radical (unpaired) electrons.